The first-order valence-corrected chi connectivity index (χ1v) is 10.2. The van der Waals surface area contributed by atoms with Gasteiger partial charge in [0.25, 0.3) is 0 Å². The van der Waals surface area contributed by atoms with Gasteiger partial charge in [0.05, 0.1) is 6.54 Å². The molecule has 2 aliphatic rings. The minimum Gasteiger partial charge on any atom is -0.489 e. The molecule has 1 aromatic carbocycles. The first-order valence-electron chi connectivity index (χ1n) is 9.85. The Morgan fingerprint density at radius 2 is 1.89 bits per heavy atom. The second-order valence-corrected chi connectivity index (χ2v) is 7.72. The highest BCUT2D eigenvalue weighted by molar-refractivity contribution is 14.0. The molecule has 3 rings (SSSR count). The van der Waals surface area contributed by atoms with E-state index in [9.17, 15) is 0 Å². The second kappa shape index (κ2) is 11.3. The average Bonchev–Trinajstić information content (AvgIpc) is 3.48. The third kappa shape index (κ3) is 7.66. The minimum absolute atomic E-state index is 0. The lowest BCUT2D eigenvalue weighted by Gasteiger charge is -2.33. The minimum atomic E-state index is 0. The van der Waals surface area contributed by atoms with Gasteiger partial charge in [-0.2, -0.15) is 0 Å². The number of piperidine rings is 1. The van der Waals surface area contributed by atoms with Crippen molar-refractivity contribution in [3.63, 3.8) is 0 Å². The maximum absolute atomic E-state index is 5.91. The van der Waals surface area contributed by atoms with E-state index in [1.165, 1.54) is 38.8 Å². The predicted molar refractivity (Wildman–Crippen MR) is 124 cm³/mol. The van der Waals surface area contributed by atoms with Gasteiger partial charge in [-0.05, 0) is 63.8 Å². The number of guanidine groups is 1. The highest BCUT2D eigenvalue weighted by atomic mass is 127. The van der Waals surface area contributed by atoms with Gasteiger partial charge in [-0.25, -0.2) is 4.99 Å². The zero-order valence-corrected chi connectivity index (χ0v) is 19.4. The third-order valence-corrected chi connectivity index (χ3v) is 5.19. The Hall–Kier alpha value is -0.730. The maximum Gasteiger partial charge on any atom is 0.191 e. The summed E-state index contributed by atoms with van der Waals surface area (Å²) in [5, 5.41) is 7.67. The average molecular weight is 507 g/mol. The first kappa shape index (κ1) is 22.6. The topological polar surface area (TPSA) is 48.9 Å². The fourth-order valence-corrected chi connectivity index (χ4v) is 3.49. The summed E-state index contributed by atoms with van der Waals surface area (Å²) in [6, 6.07) is 8.84. The van der Waals surface area contributed by atoms with Crippen LogP contribution in [0.5, 0.6) is 5.75 Å². The lowest BCUT2D eigenvalue weighted by molar-refractivity contribution is 0.197. The van der Waals surface area contributed by atoms with Crippen molar-refractivity contribution in [3.8, 4) is 5.75 Å². The Bertz CT molecular complexity index is 586. The van der Waals surface area contributed by atoms with Crippen molar-refractivity contribution in [1.29, 1.82) is 0 Å². The van der Waals surface area contributed by atoms with Gasteiger partial charge in [0, 0.05) is 36.7 Å². The van der Waals surface area contributed by atoms with Crippen LogP contribution < -0.4 is 15.4 Å². The lowest BCUT2D eigenvalue weighted by atomic mass is 10.1. The zero-order chi connectivity index (χ0) is 18.4. The molecule has 0 aromatic heterocycles. The van der Waals surface area contributed by atoms with Gasteiger partial charge in [0.2, 0.25) is 0 Å². The number of hydrogen-bond acceptors (Lipinski definition) is 3. The van der Waals surface area contributed by atoms with Crippen LogP contribution in [0.3, 0.4) is 0 Å². The molecule has 0 amide bonds. The Balaban J connectivity index is 0.00000261. The fraction of sp³-hybridized carbons (Fsp3) is 0.650. The summed E-state index contributed by atoms with van der Waals surface area (Å²) < 4.78 is 5.91. The fourth-order valence-electron chi connectivity index (χ4n) is 3.36. The number of aliphatic imine (C=N–C) groups is 1. The summed E-state index contributed by atoms with van der Waals surface area (Å²) in [7, 11) is 0. The van der Waals surface area contributed by atoms with E-state index in [1.54, 1.807) is 0 Å². The van der Waals surface area contributed by atoms with Gasteiger partial charge in [0.15, 0.2) is 5.96 Å². The molecule has 7 heteroatoms. The van der Waals surface area contributed by atoms with E-state index < -0.39 is 0 Å². The molecule has 1 aliphatic carbocycles. The number of rotatable bonds is 7. The summed E-state index contributed by atoms with van der Waals surface area (Å²) in [5.41, 5.74) is 0. The number of benzene rings is 1. The van der Waals surface area contributed by atoms with E-state index in [1.807, 2.05) is 31.2 Å². The molecule has 1 aliphatic heterocycles. The third-order valence-electron chi connectivity index (χ3n) is 4.94. The Labute approximate surface area is 185 Å². The molecule has 1 saturated heterocycles. The van der Waals surface area contributed by atoms with Crippen LogP contribution in [0.15, 0.2) is 29.3 Å². The highest BCUT2D eigenvalue weighted by Crippen LogP contribution is 2.29. The van der Waals surface area contributed by atoms with Gasteiger partial charge in [-0.15, -0.1) is 24.0 Å². The first-order chi connectivity index (χ1) is 12.6. The molecule has 5 nitrogen and oxygen atoms in total. The van der Waals surface area contributed by atoms with Crippen molar-refractivity contribution < 1.29 is 4.74 Å². The van der Waals surface area contributed by atoms with Gasteiger partial charge < -0.3 is 20.3 Å². The molecule has 1 atom stereocenters. The van der Waals surface area contributed by atoms with Gasteiger partial charge >= 0.3 is 0 Å². The summed E-state index contributed by atoms with van der Waals surface area (Å²) in [6.45, 7) is 8.02. The van der Waals surface area contributed by atoms with E-state index in [4.69, 9.17) is 21.3 Å². The van der Waals surface area contributed by atoms with Gasteiger partial charge in [-0.3, -0.25) is 0 Å². The van der Waals surface area contributed by atoms with Crippen molar-refractivity contribution >= 4 is 41.5 Å². The van der Waals surface area contributed by atoms with Crippen LogP contribution in [0.4, 0.5) is 0 Å². The molecule has 1 unspecified atom stereocenters. The molecular weight excluding hydrogens is 475 g/mol. The standard InChI is InChI=1S/C20H31ClN4O.HI/c1-3-22-20(24-17-10-12-25(13-11-17)18-6-7-18)23-14-15(2)26-19-8-4-16(21)5-9-19;/h4-5,8-9,15,17-18H,3,6-7,10-14H2,1-2H3,(H2,22,23,24);1H. The second-order valence-electron chi connectivity index (χ2n) is 7.29. The smallest absolute Gasteiger partial charge is 0.191 e. The molecule has 0 bridgehead atoms. The molecule has 152 valence electrons. The van der Waals surface area contributed by atoms with Gasteiger partial charge in [0.1, 0.15) is 11.9 Å². The summed E-state index contributed by atoms with van der Waals surface area (Å²) in [6.07, 6.45) is 5.18. The number of likely N-dealkylation sites (tertiary alicyclic amines) is 1. The lowest BCUT2D eigenvalue weighted by Crippen LogP contribution is -2.49. The van der Waals surface area contributed by atoms with Crippen LogP contribution in [0.2, 0.25) is 5.02 Å². The van der Waals surface area contributed by atoms with Crippen LogP contribution in [0.1, 0.15) is 39.5 Å². The molecule has 1 aromatic rings. The molecule has 2 fully saturated rings. The molecule has 1 saturated carbocycles. The van der Waals surface area contributed by atoms with Crippen LogP contribution in [-0.2, 0) is 0 Å². The number of nitrogens with one attached hydrogen (secondary N) is 2. The van der Waals surface area contributed by atoms with Crippen molar-refractivity contribution in [2.75, 3.05) is 26.2 Å². The van der Waals surface area contributed by atoms with Crippen LogP contribution in [0.25, 0.3) is 0 Å². The summed E-state index contributed by atoms with van der Waals surface area (Å²) in [5.74, 6) is 1.71. The Morgan fingerprint density at radius 1 is 1.22 bits per heavy atom. The molecule has 0 spiro atoms. The molecule has 1 heterocycles. The Morgan fingerprint density at radius 3 is 2.48 bits per heavy atom. The van der Waals surface area contributed by atoms with Crippen LogP contribution in [0, 0.1) is 0 Å². The maximum atomic E-state index is 5.91. The van der Waals surface area contributed by atoms with Crippen molar-refractivity contribution in [3.05, 3.63) is 29.3 Å². The number of ether oxygens (including phenoxy) is 1. The van der Waals surface area contributed by atoms with Crippen LogP contribution >= 0.6 is 35.6 Å². The van der Waals surface area contributed by atoms with E-state index in [2.05, 4.69) is 22.5 Å². The van der Waals surface area contributed by atoms with Crippen molar-refractivity contribution in [2.45, 2.75) is 57.7 Å². The van der Waals surface area contributed by atoms with Crippen LogP contribution in [-0.4, -0.2) is 55.2 Å². The highest BCUT2D eigenvalue weighted by Gasteiger charge is 2.31. The molecule has 2 N–H and O–H groups in total. The summed E-state index contributed by atoms with van der Waals surface area (Å²) in [4.78, 5) is 7.36. The predicted octanol–water partition coefficient (Wildman–Crippen LogP) is 3.91. The van der Waals surface area contributed by atoms with Crippen molar-refractivity contribution in [1.82, 2.24) is 15.5 Å². The van der Waals surface area contributed by atoms with E-state index in [-0.39, 0.29) is 30.1 Å². The van der Waals surface area contributed by atoms with E-state index in [0.717, 1.165) is 29.3 Å². The molecular formula is C20H32ClIN4O. The number of hydrogen-bond donors (Lipinski definition) is 2. The zero-order valence-electron chi connectivity index (χ0n) is 16.3. The summed E-state index contributed by atoms with van der Waals surface area (Å²) >= 11 is 5.91. The van der Waals surface area contributed by atoms with E-state index in [0.29, 0.717) is 12.6 Å². The SMILES string of the molecule is CCNC(=NCC(C)Oc1ccc(Cl)cc1)NC1CCN(C2CC2)CC1.I. The van der Waals surface area contributed by atoms with Gasteiger partial charge in [-0.1, -0.05) is 11.6 Å². The largest absolute Gasteiger partial charge is 0.489 e. The molecule has 27 heavy (non-hydrogen) atoms. The van der Waals surface area contributed by atoms with Crippen molar-refractivity contribution in [2.24, 2.45) is 4.99 Å². The molecule has 0 radical (unpaired) electrons. The number of halogens is 2. The monoisotopic (exact) mass is 506 g/mol. The normalized spacial score (nSPS) is 19.9. The van der Waals surface area contributed by atoms with E-state index >= 15 is 0 Å². The number of nitrogens with zero attached hydrogens (tertiary/aromatic N) is 2. The quantitative estimate of drug-likeness (QED) is 0.334. The Kier molecular flexibility index (Phi) is 9.45.